The Kier molecular flexibility index (Phi) is 3.84. The van der Waals surface area contributed by atoms with E-state index in [0.717, 1.165) is 25.0 Å². The highest BCUT2D eigenvalue weighted by Crippen LogP contribution is 2.26. The first-order valence-electron chi connectivity index (χ1n) is 6.29. The van der Waals surface area contributed by atoms with Crippen LogP contribution in [0.5, 0.6) is 0 Å². The Hall–Kier alpha value is -1.29. The molecule has 17 heavy (non-hydrogen) atoms. The Morgan fingerprint density at radius 2 is 2.41 bits per heavy atom. The summed E-state index contributed by atoms with van der Waals surface area (Å²) in [6.45, 7) is 3.23. The van der Waals surface area contributed by atoms with Crippen LogP contribution in [-0.2, 0) is 11.3 Å². The van der Waals surface area contributed by atoms with Gasteiger partial charge in [0.15, 0.2) is 0 Å². The third-order valence-corrected chi connectivity index (χ3v) is 3.51. The minimum absolute atomic E-state index is 0.00455. The molecule has 2 N–H and O–H groups in total. The summed E-state index contributed by atoms with van der Waals surface area (Å²) in [4.78, 5) is 14.1. The van der Waals surface area contributed by atoms with E-state index in [1.807, 2.05) is 24.0 Å². The third kappa shape index (κ3) is 2.69. The normalized spacial score (nSPS) is 23.9. The fourth-order valence-electron chi connectivity index (χ4n) is 2.47. The Morgan fingerprint density at radius 3 is 2.94 bits per heavy atom. The molecular formula is C13H20N2O2. The molecule has 0 aromatic carbocycles. The molecule has 0 bridgehead atoms. The Morgan fingerprint density at radius 1 is 1.59 bits per heavy atom. The van der Waals surface area contributed by atoms with Crippen LogP contribution in [0.4, 0.5) is 0 Å². The molecule has 0 aliphatic heterocycles. The Labute approximate surface area is 102 Å². The molecule has 94 valence electrons. The molecule has 1 aromatic rings. The number of furan rings is 1. The second-order valence-corrected chi connectivity index (χ2v) is 4.63. The maximum Gasteiger partial charge on any atom is 0.227 e. The Bertz CT molecular complexity index is 362. The van der Waals surface area contributed by atoms with Crippen molar-refractivity contribution in [1.29, 1.82) is 0 Å². The average Bonchev–Trinajstić information content (AvgIpc) is 2.96. The number of amides is 1. The largest absolute Gasteiger partial charge is 0.467 e. The van der Waals surface area contributed by atoms with Gasteiger partial charge in [0, 0.05) is 12.6 Å². The molecule has 0 radical (unpaired) electrons. The fourth-order valence-corrected chi connectivity index (χ4v) is 2.47. The molecule has 4 nitrogen and oxygen atoms in total. The van der Waals surface area contributed by atoms with Gasteiger partial charge in [0.1, 0.15) is 5.76 Å². The van der Waals surface area contributed by atoms with Crippen LogP contribution in [0.15, 0.2) is 22.8 Å². The van der Waals surface area contributed by atoms with Gasteiger partial charge in [-0.3, -0.25) is 4.79 Å². The van der Waals surface area contributed by atoms with E-state index in [1.54, 1.807) is 6.26 Å². The number of nitrogens with two attached hydrogens (primary N) is 1. The van der Waals surface area contributed by atoms with Gasteiger partial charge in [-0.25, -0.2) is 0 Å². The van der Waals surface area contributed by atoms with Gasteiger partial charge in [-0.15, -0.1) is 0 Å². The first kappa shape index (κ1) is 12.2. The summed E-state index contributed by atoms with van der Waals surface area (Å²) in [5, 5.41) is 0. The minimum Gasteiger partial charge on any atom is -0.467 e. The summed E-state index contributed by atoms with van der Waals surface area (Å²) in [5.41, 5.74) is 5.97. The molecule has 2 atom stereocenters. The molecule has 1 aliphatic carbocycles. The molecule has 2 rings (SSSR count). The maximum absolute atomic E-state index is 12.3. The molecule has 1 aromatic heterocycles. The van der Waals surface area contributed by atoms with E-state index in [1.165, 1.54) is 0 Å². The molecule has 4 heteroatoms. The fraction of sp³-hybridized carbons (Fsp3) is 0.615. The van der Waals surface area contributed by atoms with Crippen LogP contribution < -0.4 is 5.73 Å². The van der Waals surface area contributed by atoms with Crippen molar-refractivity contribution in [2.45, 2.75) is 38.8 Å². The second kappa shape index (κ2) is 5.36. The Balaban J connectivity index is 2.00. The zero-order chi connectivity index (χ0) is 12.3. The molecule has 1 heterocycles. The predicted octanol–water partition coefficient (Wildman–Crippen LogP) is 1.76. The van der Waals surface area contributed by atoms with Gasteiger partial charge < -0.3 is 15.1 Å². The quantitative estimate of drug-likeness (QED) is 0.866. The van der Waals surface area contributed by atoms with Crippen molar-refractivity contribution >= 4 is 5.91 Å². The van der Waals surface area contributed by atoms with Gasteiger partial charge in [0.2, 0.25) is 5.91 Å². The summed E-state index contributed by atoms with van der Waals surface area (Å²) < 4.78 is 5.28. The van der Waals surface area contributed by atoms with E-state index < -0.39 is 0 Å². The van der Waals surface area contributed by atoms with Crippen LogP contribution in [0.1, 0.15) is 31.9 Å². The van der Waals surface area contributed by atoms with Crippen LogP contribution in [0.2, 0.25) is 0 Å². The van der Waals surface area contributed by atoms with E-state index in [0.29, 0.717) is 13.1 Å². The standard InChI is InChI=1S/C13H20N2O2/c1-2-15(9-10-5-4-8-17-10)13(16)11-6-3-7-12(11)14/h4-5,8,11-12H,2-3,6-7,9,14H2,1H3. The van der Waals surface area contributed by atoms with Crippen LogP contribution in [0.25, 0.3) is 0 Å². The number of rotatable bonds is 4. The molecule has 0 saturated heterocycles. The third-order valence-electron chi connectivity index (χ3n) is 3.51. The highest BCUT2D eigenvalue weighted by molar-refractivity contribution is 5.79. The molecule has 2 unspecified atom stereocenters. The van der Waals surface area contributed by atoms with Crippen molar-refractivity contribution in [2.75, 3.05) is 6.54 Å². The number of nitrogens with zero attached hydrogens (tertiary/aromatic N) is 1. The lowest BCUT2D eigenvalue weighted by Crippen LogP contribution is -2.41. The first-order chi connectivity index (χ1) is 8.22. The maximum atomic E-state index is 12.3. The number of carbonyl (C=O) groups excluding carboxylic acids is 1. The lowest BCUT2D eigenvalue weighted by molar-refractivity contribution is -0.136. The van der Waals surface area contributed by atoms with Crippen molar-refractivity contribution < 1.29 is 9.21 Å². The van der Waals surface area contributed by atoms with Crippen LogP contribution in [0.3, 0.4) is 0 Å². The molecule has 1 saturated carbocycles. The van der Waals surface area contributed by atoms with Crippen molar-refractivity contribution in [3.63, 3.8) is 0 Å². The SMILES string of the molecule is CCN(Cc1ccco1)C(=O)C1CCCC1N. The van der Waals surface area contributed by atoms with Crippen LogP contribution in [-0.4, -0.2) is 23.4 Å². The highest BCUT2D eigenvalue weighted by Gasteiger charge is 2.33. The predicted molar refractivity (Wildman–Crippen MR) is 65.1 cm³/mol. The topological polar surface area (TPSA) is 59.5 Å². The lowest BCUT2D eigenvalue weighted by Gasteiger charge is -2.25. The molecule has 1 amide bonds. The van der Waals surface area contributed by atoms with E-state index in [4.69, 9.17) is 10.2 Å². The molecular weight excluding hydrogens is 216 g/mol. The zero-order valence-corrected chi connectivity index (χ0v) is 10.3. The minimum atomic E-state index is 0.00455. The van der Waals surface area contributed by atoms with Gasteiger partial charge >= 0.3 is 0 Å². The number of carbonyl (C=O) groups is 1. The zero-order valence-electron chi connectivity index (χ0n) is 10.3. The monoisotopic (exact) mass is 236 g/mol. The molecule has 1 aliphatic rings. The average molecular weight is 236 g/mol. The summed E-state index contributed by atoms with van der Waals surface area (Å²) in [6, 6.07) is 3.77. The summed E-state index contributed by atoms with van der Waals surface area (Å²) in [7, 11) is 0. The lowest BCUT2D eigenvalue weighted by atomic mass is 10.0. The first-order valence-corrected chi connectivity index (χ1v) is 6.29. The molecule has 0 spiro atoms. The molecule has 1 fully saturated rings. The van der Waals surface area contributed by atoms with E-state index >= 15 is 0 Å². The van der Waals surface area contributed by atoms with Crippen molar-refractivity contribution in [3.8, 4) is 0 Å². The van der Waals surface area contributed by atoms with Gasteiger partial charge in [-0.05, 0) is 31.9 Å². The van der Waals surface area contributed by atoms with E-state index in [2.05, 4.69) is 0 Å². The van der Waals surface area contributed by atoms with Crippen molar-refractivity contribution in [1.82, 2.24) is 4.90 Å². The number of hydrogen-bond acceptors (Lipinski definition) is 3. The van der Waals surface area contributed by atoms with Crippen LogP contribution in [0, 0.1) is 5.92 Å². The van der Waals surface area contributed by atoms with Crippen molar-refractivity contribution in [3.05, 3.63) is 24.2 Å². The summed E-state index contributed by atoms with van der Waals surface area (Å²) in [5.74, 6) is 1.01. The highest BCUT2D eigenvalue weighted by atomic mass is 16.3. The van der Waals surface area contributed by atoms with Crippen molar-refractivity contribution in [2.24, 2.45) is 11.7 Å². The summed E-state index contributed by atoms with van der Waals surface area (Å²) in [6.07, 6.45) is 4.59. The van der Waals surface area contributed by atoms with Gasteiger partial charge in [-0.2, -0.15) is 0 Å². The smallest absolute Gasteiger partial charge is 0.227 e. The van der Waals surface area contributed by atoms with Gasteiger partial charge in [0.25, 0.3) is 0 Å². The van der Waals surface area contributed by atoms with Gasteiger partial charge in [-0.1, -0.05) is 6.42 Å². The van der Waals surface area contributed by atoms with Gasteiger partial charge in [0.05, 0.1) is 18.7 Å². The summed E-state index contributed by atoms with van der Waals surface area (Å²) >= 11 is 0. The second-order valence-electron chi connectivity index (χ2n) is 4.63. The number of hydrogen-bond donors (Lipinski definition) is 1. The van der Waals surface area contributed by atoms with E-state index in [9.17, 15) is 4.79 Å². The van der Waals surface area contributed by atoms with Crippen LogP contribution >= 0.6 is 0 Å². The van der Waals surface area contributed by atoms with E-state index in [-0.39, 0.29) is 17.9 Å².